The van der Waals surface area contributed by atoms with Crippen LogP contribution in [0.1, 0.15) is 43.7 Å². The van der Waals surface area contributed by atoms with Gasteiger partial charge in [-0.2, -0.15) is 5.10 Å². The van der Waals surface area contributed by atoms with Crippen molar-refractivity contribution in [1.82, 2.24) is 24.7 Å². The molecular formula is C31H30Cl3N5O3. The zero-order valence-electron chi connectivity index (χ0n) is 23.1. The van der Waals surface area contributed by atoms with Crippen molar-refractivity contribution in [3.8, 4) is 5.75 Å². The highest BCUT2D eigenvalue weighted by molar-refractivity contribution is 6.35. The SMILES string of the molecule is CC(C)(C)C(O)C(Oc1ccc(Cl)cc1)n1cncn1.OC(c1ccccc1)(c1cncnc1)c1ccc(Cl)cc1Cl. The number of nitrogens with zero attached hydrogens (tertiary/aromatic N) is 5. The minimum Gasteiger partial charge on any atom is -0.466 e. The second-order valence-electron chi connectivity index (χ2n) is 10.5. The molecule has 0 saturated heterocycles. The summed E-state index contributed by atoms with van der Waals surface area (Å²) in [6.07, 6.45) is 6.09. The minimum atomic E-state index is -1.45. The summed E-state index contributed by atoms with van der Waals surface area (Å²) in [7, 11) is 0. The number of ether oxygens (including phenoxy) is 1. The van der Waals surface area contributed by atoms with Crippen molar-refractivity contribution in [2.24, 2.45) is 5.41 Å². The quantitative estimate of drug-likeness (QED) is 0.201. The molecule has 5 rings (SSSR count). The predicted octanol–water partition coefficient (Wildman–Crippen LogP) is 6.98. The second kappa shape index (κ2) is 13.6. The van der Waals surface area contributed by atoms with Gasteiger partial charge >= 0.3 is 0 Å². The van der Waals surface area contributed by atoms with Crippen LogP contribution in [-0.2, 0) is 5.60 Å². The summed E-state index contributed by atoms with van der Waals surface area (Å²) in [5.74, 6) is 0.609. The first-order valence-corrected chi connectivity index (χ1v) is 14.1. The van der Waals surface area contributed by atoms with Gasteiger partial charge in [-0.1, -0.05) is 92.0 Å². The predicted molar refractivity (Wildman–Crippen MR) is 164 cm³/mol. The molecule has 0 spiro atoms. The van der Waals surface area contributed by atoms with E-state index >= 15 is 0 Å². The fraction of sp³-hybridized carbons (Fsp3) is 0.226. The zero-order chi connectivity index (χ0) is 30.3. The number of hydrogen-bond donors (Lipinski definition) is 2. The first-order valence-electron chi connectivity index (χ1n) is 12.9. The molecule has 0 radical (unpaired) electrons. The van der Waals surface area contributed by atoms with E-state index in [2.05, 4.69) is 20.1 Å². The number of aromatic nitrogens is 5. The molecule has 218 valence electrons. The fourth-order valence-electron chi connectivity index (χ4n) is 4.12. The molecule has 5 aromatic rings. The number of hydrogen-bond acceptors (Lipinski definition) is 7. The molecule has 11 heteroatoms. The highest BCUT2D eigenvalue weighted by Crippen LogP contribution is 2.40. The van der Waals surface area contributed by atoms with Crippen molar-refractivity contribution < 1.29 is 14.9 Å². The average molecular weight is 627 g/mol. The minimum absolute atomic E-state index is 0.358. The number of aliphatic hydroxyl groups excluding tert-OH is 1. The Kier molecular flexibility index (Phi) is 10.2. The molecule has 42 heavy (non-hydrogen) atoms. The molecule has 2 N–H and O–H groups in total. The van der Waals surface area contributed by atoms with Crippen molar-refractivity contribution in [3.05, 3.63) is 136 Å². The molecule has 2 aromatic heterocycles. The normalized spacial score (nSPS) is 14.2. The van der Waals surface area contributed by atoms with Crippen LogP contribution in [0.5, 0.6) is 5.75 Å². The Balaban J connectivity index is 0.000000194. The van der Waals surface area contributed by atoms with Crippen LogP contribution in [0.2, 0.25) is 15.1 Å². The molecule has 0 aliphatic heterocycles. The summed E-state index contributed by atoms with van der Waals surface area (Å²) < 4.78 is 7.36. The fourth-order valence-corrected chi connectivity index (χ4v) is 4.79. The standard InChI is InChI=1S/C17H12Cl2N2O.C14H18ClN3O2/c18-14-6-7-15(16(19)8-14)17(22,12-4-2-1-3-5-12)13-9-20-11-21-10-13;1-14(2,3)12(19)13(18-9-16-8-17-18)20-11-6-4-10(15)5-7-11/h1-11,22H;4-9,12-13,19H,1-3H3. The topological polar surface area (TPSA) is 106 Å². The number of halogens is 3. The molecule has 3 unspecified atom stereocenters. The summed E-state index contributed by atoms with van der Waals surface area (Å²) in [4.78, 5) is 11.9. The molecule has 0 amide bonds. The Morgan fingerprint density at radius 2 is 1.43 bits per heavy atom. The van der Waals surface area contributed by atoms with Crippen molar-refractivity contribution in [1.29, 1.82) is 0 Å². The van der Waals surface area contributed by atoms with Crippen LogP contribution in [0.15, 0.2) is 104 Å². The lowest BCUT2D eigenvalue weighted by atomic mass is 9.81. The van der Waals surface area contributed by atoms with Gasteiger partial charge in [0.05, 0.1) is 0 Å². The van der Waals surface area contributed by atoms with Gasteiger partial charge < -0.3 is 14.9 Å². The maximum Gasteiger partial charge on any atom is 0.219 e. The molecular weight excluding hydrogens is 597 g/mol. The van der Waals surface area contributed by atoms with Gasteiger partial charge in [0.25, 0.3) is 0 Å². The highest BCUT2D eigenvalue weighted by Gasteiger charge is 2.36. The third-order valence-electron chi connectivity index (χ3n) is 6.42. The number of aliphatic hydroxyl groups is 2. The third kappa shape index (κ3) is 7.45. The number of rotatable bonds is 7. The first kappa shape index (κ1) is 31.4. The summed E-state index contributed by atoms with van der Waals surface area (Å²) >= 11 is 18.1. The summed E-state index contributed by atoms with van der Waals surface area (Å²) in [5, 5.41) is 27.6. The number of benzene rings is 3. The van der Waals surface area contributed by atoms with E-state index in [1.165, 1.54) is 23.7 Å². The van der Waals surface area contributed by atoms with Crippen LogP contribution >= 0.6 is 34.8 Å². The maximum atomic E-state index is 11.5. The van der Waals surface area contributed by atoms with E-state index in [0.717, 1.165) is 0 Å². The third-order valence-corrected chi connectivity index (χ3v) is 7.22. The molecule has 0 aliphatic rings. The molecule has 0 saturated carbocycles. The van der Waals surface area contributed by atoms with Crippen LogP contribution in [-0.4, -0.2) is 41.0 Å². The molecule has 2 heterocycles. The van der Waals surface area contributed by atoms with Crippen molar-refractivity contribution in [2.45, 2.75) is 38.7 Å². The lowest BCUT2D eigenvalue weighted by Gasteiger charge is -2.32. The molecule has 0 bridgehead atoms. The van der Waals surface area contributed by atoms with E-state index in [1.807, 2.05) is 51.1 Å². The Morgan fingerprint density at radius 3 is 2.00 bits per heavy atom. The van der Waals surface area contributed by atoms with E-state index in [9.17, 15) is 10.2 Å². The molecule has 0 fully saturated rings. The summed E-state index contributed by atoms with van der Waals surface area (Å²) in [6, 6.07) is 21.2. The van der Waals surface area contributed by atoms with Crippen molar-refractivity contribution >= 4 is 34.8 Å². The van der Waals surface area contributed by atoms with E-state index in [-0.39, 0.29) is 5.41 Å². The van der Waals surface area contributed by atoms with Gasteiger partial charge in [0.15, 0.2) is 0 Å². The van der Waals surface area contributed by atoms with Gasteiger partial charge in [-0.15, -0.1) is 0 Å². The monoisotopic (exact) mass is 625 g/mol. The van der Waals surface area contributed by atoms with E-state index in [0.29, 0.717) is 37.5 Å². The van der Waals surface area contributed by atoms with E-state index < -0.39 is 17.9 Å². The van der Waals surface area contributed by atoms with E-state index in [1.54, 1.807) is 54.9 Å². The summed E-state index contributed by atoms with van der Waals surface area (Å²) in [5.41, 5.74) is -0.0771. The van der Waals surface area contributed by atoms with Gasteiger partial charge in [0.2, 0.25) is 6.23 Å². The second-order valence-corrected chi connectivity index (χ2v) is 11.8. The highest BCUT2D eigenvalue weighted by atomic mass is 35.5. The van der Waals surface area contributed by atoms with Gasteiger partial charge in [-0.05, 0) is 47.4 Å². The molecule has 0 aliphatic carbocycles. The van der Waals surface area contributed by atoms with Gasteiger partial charge in [-0.3, -0.25) is 0 Å². The van der Waals surface area contributed by atoms with Crippen LogP contribution in [0, 0.1) is 5.41 Å². The Hall–Kier alpha value is -3.53. The van der Waals surface area contributed by atoms with Crippen LogP contribution < -0.4 is 4.74 Å². The zero-order valence-corrected chi connectivity index (χ0v) is 25.4. The van der Waals surface area contributed by atoms with E-state index in [4.69, 9.17) is 39.5 Å². The molecule has 3 aromatic carbocycles. The Labute approximate surface area is 259 Å². The lowest BCUT2D eigenvalue weighted by Crippen LogP contribution is -2.38. The summed E-state index contributed by atoms with van der Waals surface area (Å²) in [6.45, 7) is 5.81. The maximum absolute atomic E-state index is 11.5. The molecule has 3 atom stereocenters. The van der Waals surface area contributed by atoms with Gasteiger partial charge in [0.1, 0.15) is 36.4 Å². The van der Waals surface area contributed by atoms with Crippen molar-refractivity contribution in [3.63, 3.8) is 0 Å². The van der Waals surface area contributed by atoms with Crippen LogP contribution in [0.4, 0.5) is 0 Å². The van der Waals surface area contributed by atoms with Crippen LogP contribution in [0.25, 0.3) is 0 Å². The largest absolute Gasteiger partial charge is 0.466 e. The molecule has 8 nitrogen and oxygen atoms in total. The average Bonchev–Trinajstić information content (AvgIpc) is 3.52. The van der Waals surface area contributed by atoms with Crippen LogP contribution in [0.3, 0.4) is 0 Å². The van der Waals surface area contributed by atoms with Gasteiger partial charge in [-0.25, -0.2) is 19.6 Å². The lowest BCUT2D eigenvalue weighted by molar-refractivity contribution is -0.0731. The first-order chi connectivity index (χ1) is 20.0. The Bertz CT molecular complexity index is 1510. The van der Waals surface area contributed by atoms with Gasteiger partial charge in [0, 0.05) is 38.6 Å². The van der Waals surface area contributed by atoms with Crippen molar-refractivity contribution in [2.75, 3.05) is 0 Å². The Morgan fingerprint density at radius 1 is 0.786 bits per heavy atom. The smallest absolute Gasteiger partial charge is 0.219 e.